The molecule has 0 aliphatic rings. The molecule has 1 aromatic heterocycles. The van der Waals surface area contributed by atoms with E-state index in [1.807, 2.05) is 0 Å². The first-order chi connectivity index (χ1) is 14.1. The number of aliphatic imine (C=N–C) groups is 1. The van der Waals surface area contributed by atoms with E-state index in [0.29, 0.717) is 12.1 Å². The lowest BCUT2D eigenvalue weighted by Gasteiger charge is -2.09. The summed E-state index contributed by atoms with van der Waals surface area (Å²) in [6.45, 7) is 1.29. The average molecular weight is 456 g/mol. The minimum atomic E-state index is -4.95. The molecule has 0 fully saturated rings. The Morgan fingerprint density at radius 2 is 2.07 bits per heavy atom. The third-order valence-electron chi connectivity index (χ3n) is 3.27. The molecule has 1 heterocycles. The third-order valence-corrected chi connectivity index (χ3v) is 4.39. The second kappa shape index (κ2) is 9.79. The van der Waals surface area contributed by atoms with Crippen molar-refractivity contribution in [2.75, 3.05) is 25.0 Å². The quantitative estimate of drug-likeness (QED) is 0.145. The monoisotopic (exact) mass is 456 g/mol. The Kier molecular flexibility index (Phi) is 7.65. The van der Waals surface area contributed by atoms with Gasteiger partial charge in [0.2, 0.25) is 5.82 Å². The number of alkyl halides is 3. The van der Waals surface area contributed by atoms with E-state index < -0.39 is 33.7 Å². The molecular formula is C14H16F4N6O5S. The van der Waals surface area contributed by atoms with E-state index in [1.54, 1.807) is 12.4 Å². The van der Waals surface area contributed by atoms with Crippen molar-refractivity contribution in [3.05, 3.63) is 35.3 Å². The summed E-state index contributed by atoms with van der Waals surface area (Å²) in [5, 5.41) is 18.8. The van der Waals surface area contributed by atoms with Gasteiger partial charge in [-0.3, -0.25) is 14.9 Å². The molecular weight excluding hydrogens is 440 g/mol. The largest absolute Gasteiger partial charge is 0.419 e. The number of halogens is 4. The number of anilines is 1. The fraction of sp³-hybridized carbons (Fsp3) is 0.357. The van der Waals surface area contributed by atoms with E-state index in [9.17, 15) is 31.2 Å². The number of hydrogen-bond donors (Lipinski definition) is 4. The maximum absolute atomic E-state index is 13.4. The Balaban J connectivity index is 2.16. The van der Waals surface area contributed by atoms with Gasteiger partial charge in [-0.1, -0.05) is 6.92 Å². The van der Waals surface area contributed by atoms with E-state index in [4.69, 9.17) is 0 Å². The van der Waals surface area contributed by atoms with Crippen LogP contribution in [0.15, 0.2) is 27.8 Å². The molecule has 0 unspecified atom stereocenters. The van der Waals surface area contributed by atoms with Gasteiger partial charge in [-0.05, 0) is 28.5 Å². The number of hydroxylamine groups is 1. The molecule has 16 heteroatoms. The van der Waals surface area contributed by atoms with Crippen molar-refractivity contribution in [2.24, 2.45) is 4.99 Å². The van der Waals surface area contributed by atoms with Crippen LogP contribution < -0.4 is 15.5 Å². The van der Waals surface area contributed by atoms with Crippen molar-refractivity contribution in [2.45, 2.75) is 13.1 Å². The summed E-state index contributed by atoms with van der Waals surface area (Å²) in [5.41, 5.74) is -0.510. The predicted octanol–water partition coefficient (Wildman–Crippen LogP) is 1.57. The first-order valence-electron chi connectivity index (χ1n) is 8.13. The van der Waals surface area contributed by atoms with E-state index in [1.165, 1.54) is 0 Å². The summed E-state index contributed by atoms with van der Waals surface area (Å²) in [6, 6.07) is 1.95. The van der Waals surface area contributed by atoms with Gasteiger partial charge in [0.05, 0.1) is 17.9 Å². The van der Waals surface area contributed by atoms with E-state index in [-0.39, 0.29) is 36.9 Å². The van der Waals surface area contributed by atoms with Gasteiger partial charge in [-0.15, -0.1) is 0 Å². The standard InChI is InChI=1S/C14H16F4N6O5S/c1-2-20-30(26,27)28-6-5-19-12-11(23-29-24-12)13(22-25)21-8-3-4-10(15)9(7-8)14(16,17)18/h3-4,7,20,25H,2,5-6H2,1H3,(H,19,24)(H,21,22). The highest BCUT2D eigenvalue weighted by Crippen LogP contribution is 2.33. The summed E-state index contributed by atoms with van der Waals surface area (Å²) in [4.78, 5) is 3.74. The van der Waals surface area contributed by atoms with E-state index >= 15 is 0 Å². The van der Waals surface area contributed by atoms with Crippen molar-refractivity contribution in [1.82, 2.24) is 20.5 Å². The number of aromatic nitrogens is 2. The number of benzene rings is 1. The highest BCUT2D eigenvalue weighted by Gasteiger charge is 2.34. The van der Waals surface area contributed by atoms with Gasteiger partial charge in [0.15, 0.2) is 11.5 Å². The van der Waals surface area contributed by atoms with Crippen LogP contribution in [0.3, 0.4) is 0 Å². The first-order valence-corrected chi connectivity index (χ1v) is 9.54. The number of amidine groups is 1. The van der Waals surface area contributed by atoms with E-state index in [0.717, 1.165) is 6.07 Å². The fourth-order valence-electron chi connectivity index (χ4n) is 2.06. The lowest BCUT2D eigenvalue weighted by atomic mass is 10.2. The lowest BCUT2D eigenvalue weighted by molar-refractivity contribution is -0.139. The summed E-state index contributed by atoms with van der Waals surface area (Å²) in [7, 11) is -3.91. The third kappa shape index (κ3) is 6.34. The molecule has 0 radical (unpaired) electrons. The van der Waals surface area contributed by atoms with E-state index in [2.05, 4.69) is 34.2 Å². The molecule has 0 atom stereocenters. The Morgan fingerprint density at radius 1 is 1.33 bits per heavy atom. The molecule has 166 valence electrons. The van der Waals surface area contributed by atoms with Crippen molar-refractivity contribution < 1.29 is 40.0 Å². The van der Waals surface area contributed by atoms with Crippen LogP contribution in [-0.2, 0) is 20.7 Å². The molecule has 0 bridgehead atoms. The van der Waals surface area contributed by atoms with Crippen LogP contribution in [0.4, 0.5) is 29.1 Å². The molecule has 0 spiro atoms. The van der Waals surface area contributed by atoms with Gasteiger partial charge < -0.3 is 5.32 Å². The van der Waals surface area contributed by atoms with Crippen molar-refractivity contribution in [1.29, 1.82) is 0 Å². The van der Waals surface area contributed by atoms with Gasteiger partial charge in [0.25, 0.3) is 0 Å². The molecule has 30 heavy (non-hydrogen) atoms. The molecule has 2 aromatic rings. The van der Waals surface area contributed by atoms with Crippen LogP contribution in [0.2, 0.25) is 0 Å². The highest BCUT2D eigenvalue weighted by molar-refractivity contribution is 7.84. The molecule has 0 saturated carbocycles. The molecule has 0 aliphatic carbocycles. The Hall–Kier alpha value is -2.82. The summed E-state index contributed by atoms with van der Waals surface area (Å²) in [6.07, 6.45) is -4.95. The van der Waals surface area contributed by atoms with Gasteiger partial charge in [-0.25, -0.2) is 14.0 Å². The van der Waals surface area contributed by atoms with Gasteiger partial charge in [0, 0.05) is 13.1 Å². The molecule has 2 rings (SSSR count). The normalized spacial score (nSPS) is 12.8. The van der Waals surface area contributed by atoms with Crippen LogP contribution in [-0.4, -0.2) is 49.5 Å². The van der Waals surface area contributed by atoms with Crippen LogP contribution in [0.1, 0.15) is 18.2 Å². The Bertz CT molecular complexity index is 995. The van der Waals surface area contributed by atoms with Crippen LogP contribution in [0.5, 0.6) is 0 Å². The van der Waals surface area contributed by atoms with Gasteiger partial charge in [0.1, 0.15) is 5.82 Å². The fourth-order valence-corrected chi connectivity index (χ4v) is 2.80. The number of hydrogen-bond acceptors (Lipinski definition) is 9. The highest BCUT2D eigenvalue weighted by atomic mass is 32.2. The predicted molar refractivity (Wildman–Crippen MR) is 93.9 cm³/mol. The maximum Gasteiger partial charge on any atom is 0.419 e. The zero-order chi connectivity index (χ0) is 22.4. The van der Waals surface area contributed by atoms with Crippen molar-refractivity contribution in [3.63, 3.8) is 0 Å². The Labute approximate surface area is 167 Å². The minimum absolute atomic E-state index is 0.0979. The average Bonchev–Trinajstić information content (AvgIpc) is 3.12. The molecule has 1 aromatic carbocycles. The van der Waals surface area contributed by atoms with Crippen molar-refractivity contribution in [3.8, 4) is 0 Å². The molecule has 4 N–H and O–H groups in total. The molecule has 0 amide bonds. The number of nitrogens with zero attached hydrogens (tertiary/aromatic N) is 3. The zero-order valence-electron chi connectivity index (χ0n) is 15.2. The van der Waals surface area contributed by atoms with Crippen LogP contribution >= 0.6 is 0 Å². The number of nitrogens with one attached hydrogen (secondary N) is 3. The number of rotatable bonds is 9. The maximum atomic E-state index is 13.4. The van der Waals surface area contributed by atoms with Gasteiger partial charge in [-0.2, -0.15) is 26.3 Å². The first kappa shape index (κ1) is 23.5. The molecule has 0 saturated heterocycles. The van der Waals surface area contributed by atoms with Crippen LogP contribution in [0, 0.1) is 5.82 Å². The van der Waals surface area contributed by atoms with Crippen LogP contribution in [0.25, 0.3) is 0 Å². The van der Waals surface area contributed by atoms with Crippen molar-refractivity contribution >= 4 is 27.6 Å². The lowest BCUT2D eigenvalue weighted by Crippen LogP contribution is -2.27. The summed E-state index contributed by atoms with van der Waals surface area (Å²) < 4.78 is 85.8. The smallest absolute Gasteiger partial charge is 0.363 e. The summed E-state index contributed by atoms with van der Waals surface area (Å²) >= 11 is 0. The second-order valence-corrected chi connectivity index (χ2v) is 6.83. The SMILES string of the molecule is CCNS(=O)(=O)OCCNc1nonc1C(=Nc1ccc(F)c(C(F)(F)F)c1)NO. The topological polar surface area (TPSA) is 151 Å². The molecule has 0 aliphatic heterocycles. The minimum Gasteiger partial charge on any atom is -0.363 e. The second-order valence-electron chi connectivity index (χ2n) is 5.40. The van der Waals surface area contributed by atoms with Gasteiger partial charge >= 0.3 is 16.5 Å². The molecule has 11 nitrogen and oxygen atoms in total. The zero-order valence-corrected chi connectivity index (χ0v) is 16.0. The summed E-state index contributed by atoms with van der Waals surface area (Å²) in [5.74, 6) is -2.09. The Morgan fingerprint density at radius 3 is 2.70 bits per heavy atom.